The van der Waals surface area contributed by atoms with Crippen molar-refractivity contribution in [3.63, 3.8) is 0 Å². The van der Waals surface area contributed by atoms with Gasteiger partial charge >= 0.3 is 5.97 Å². The molecule has 4 nitrogen and oxygen atoms in total. The van der Waals surface area contributed by atoms with Gasteiger partial charge in [0.2, 0.25) is 0 Å². The Kier molecular flexibility index (Phi) is 3.73. The van der Waals surface area contributed by atoms with Gasteiger partial charge in [0.15, 0.2) is 4.34 Å². The largest absolute Gasteiger partial charge is 0.477 e. The van der Waals surface area contributed by atoms with Crippen LogP contribution in [0.15, 0.2) is 28.6 Å². The number of hydrogen-bond acceptors (Lipinski definition) is 6. The van der Waals surface area contributed by atoms with Gasteiger partial charge in [-0.25, -0.2) is 4.79 Å². The summed E-state index contributed by atoms with van der Waals surface area (Å²) in [5.74, 6) is -0.268. The van der Waals surface area contributed by atoms with Crippen LogP contribution in [0.5, 0.6) is 0 Å². The molecule has 7 heteroatoms. The maximum atomic E-state index is 11.4. The Morgan fingerprint density at radius 1 is 1.30 bits per heavy atom. The number of thioether (sulfide) groups is 1. The van der Waals surface area contributed by atoms with Gasteiger partial charge in [-0.05, 0) is 23.9 Å². The second kappa shape index (κ2) is 5.51. The van der Waals surface area contributed by atoms with Gasteiger partial charge in [0.1, 0.15) is 9.88 Å². The Morgan fingerprint density at radius 3 is 2.80 bits per heavy atom. The van der Waals surface area contributed by atoms with E-state index in [9.17, 15) is 9.90 Å². The summed E-state index contributed by atoms with van der Waals surface area (Å²) in [5, 5.41) is 19.3. The number of rotatable bonds is 4. The van der Waals surface area contributed by atoms with Crippen molar-refractivity contribution in [3.8, 4) is 0 Å². The summed E-state index contributed by atoms with van der Waals surface area (Å²) in [6, 6.07) is 7.79. The highest BCUT2D eigenvalue weighted by Crippen LogP contribution is 2.36. The molecule has 0 atom stereocenters. The fourth-order valence-electron chi connectivity index (χ4n) is 1.89. The Balaban J connectivity index is 1.96. The second-order valence-corrected chi connectivity index (χ2v) is 7.54. The standard InChI is InChI=1S/C13H10N2O2S3/c1-7-14-15-13(19-7)18-6-9-8-4-2-3-5-10(8)20-11(9)12(16)17/h2-5H,6H2,1H3,(H,16,17). The van der Waals surface area contributed by atoms with Crippen LogP contribution in [0.25, 0.3) is 10.1 Å². The third-order valence-electron chi connectivity index (χ3n) is 2.74. The van der Waals surface area contributed by atoms with E-state index in [2.05, 4.69) is 10.2 Å². The van der Waals surface area contributed by atoms with Crippen LogP contribution in [0.1, 0.15) is 20.2 Å². The van der Waals surface area contributed by atoms with Gasteiger partial charge in [-0.15, -0.1) is 21.5 Å². The van der Waals surface area contributed by atoms with Crippen molar-refractivity contribution >= 4 is 50.5 Å². The lowest BCUT2D eigenvalue weighted by atomic mass is 10.1. The summed E-state index contributed by atoms with van der Waals surface area (Å²) in [6.07, 6.45) is 0. The number of aromatic carboxylic acids is 1. The van der Waals surface area contributed by atoms with Crippen LogP contribution in [0, 0.1) is 6.92 Å². The number of fused-ring (bicyclic) bond motifs is 1. The Hall–Kier alpha value is -1.44. The van der Waals surface area contributed by atoms with Gasteiger partial charge in [-0.1, -0.05) is 41.3 Å². The zero-order valence-corrected chi connectivity index (χ0v) is 12.9. The van der Waals surface area contributed by atoms with Crippen molar-refractivity contribution in [2.45, 2.75) is 17.0 Å². The highest BCUT2D eigenvalue weighted by molar-refractivity contribution is 8.00. The van der Waals surface area contributed by atoms with Gasteiger partial charge in [-0.3, -0.25) is 0 Å². The molecule has 0 saturated carbocycles. The number of carbonyl (C=O) groups is 1. The van der Waals surface area contributed by atoms with Crippen molar-refractivity contribution in [2.75, 3.05) is 0 Å². The van der Waals surface area contributed by atoms with E-state index in [1.165, 1.54) is 34.4 Å². The average Bonchev–Trinajstić information content (AvgIpc) is 3.00. The SMILES string of the molecule is Cc1nnc(SCc2c(C(=O)O)sc3ccccc23)s1. The molecule has 102 valence electrons. The molecule has 20 heavy (non-hydrogen) atoms. The molecule has 0 unspecified atom stereocenters. The van der Waals surface area contributed by atoms with E-state index in [0.29, 0.717) is 10.6 Å². The van der Waals surface area contributed by atoms with Crippen LogP contribution in [-0.2, 0) is 5.75 Å². The summed E-state index contributed by atoms with van der Waals surface area (Å²) in [6.45, 7) is 1.91. The van der Waals surface area contributed by atoms with E-state index in [0.717, 1.165) is 25.0 Å². The van der Waals surface area contributed by atoms with Crippen LogP contribution in [0.2, 0.25) is 0 Å². The van der Waals surface area contributed by atoms with Gasteiger partial charge in [0.05, 0.1) is 0 Å². The smallest absolute Gasteiger partial charge is 0.346 e. The number of hydrogen-bond donors (Lipinski definition) is 1. The molecule has 2 aromatic heterocycles. The summed E-state index contributed by atoms with van der Waals surface area (Å²) >= 11 is 4.39. The minimum Gasteiger partial charge on any atom is -0.477 e. The predicted octanol–water partition coefficient (Wildman–Crippen LogP) is 4.05. The topological polar surface area (TPSA) is 63.1 Å². The zero-order chi connectivity index (χ0) is 14.1. The maximum absolute atomic E-state index is 11.4. The molecule has 0 aliphatic carbocycles. The van der Waals surface area contributed by atoms with Crippen LogP contribution in [0.4, 0.5) is 0 Å². The number of aromatic nitrogens is 2. The van der Waals surface area contributed by atoms with Gasteiger partial charge in [0.25, 0.3) is 0 Å². The molecule has 0 amide bonds. The molecular weight excluding hydrogens is 312 g/mol. The first-order valence-corrected chi connectivity index (χ1v) is 8.43. The monoisotopic (exact) mass is 322 g/mol. The first kappa shape index (κ1) is 13.5. The molecule has 0 fully saturated rings. The normalized spacial score (nSPS) is 11.1. The fourth-order valence-corrected chi connectivity index (χ4v) is 4.89. The van der Waals surface area contributed by atoms with E-state index in [-0.39, 0.29) is 0 Å². The Bertz CT molecular complexity index is 779. The first-order valence-electron chi connectivity index (χ1n) is 5.82. The zero-order valence-electron chi connectivity index (χ0n) is 10.5. The lowest BCUT2D eigenvalue weighted by Gasteiger charge is -1.99. The quantitative estimate of drug-likeness (QED) is 0.734. The van der Waals surface area contributed by atoms with Crippen LogP contribution < -0.4 is 0 Å². The van der Waals surface area contributed by atoms with Gasteiger partial charge < -0.3 is 5.11 Å². The lowest BCUT2D eigenvalue weighted by Crippen LogP contribution is -1.96. The van der Waals surface area contributed by atoms with Gasteiger partial charge in [0, 0.05) is 10.5 Å². The fraction of sp³-hybridized carbons (Fsp3) is 0.154. The minimum absolute atomic E-state index is 0.417. The molecule has 0 saturated heterocycles. The maximum Gasteiger partial charge on any atom is 0.346 e. The van der Waals surface area contributed by atoms with E-state index < -0.39 is 5.97 Å². The number of carboxylic acid groups (broad SMARTS) is 1. The van der Waals surface area contributed by atoms with Crippen molar-refractivity contribution < 1.29 is 9.90 Å². The highest BCUT2D eigenvalue weighted by Gasteiger charge is 2.18. The third-order valence-corrected chi connectivity index (χ3v) is 5.94. The van der Waals surface area contributed by atoms with E-state index >= 15 is 0 Å². The average molecular weight is 322 g/mol. The summed E-state index contributed by atoms with van der Waals surface area (Å²) in [7, 11) is 0. The van der Waals surface area contributed by atoms with Crippen LogP contribution in [-0.4, -0.2) is 21.3 Å². The van der Waals surface area contributed by atoms with E-state index in [1.54, 1.807) is 0 Å². The summed E-state index contributed by atoms with van der Waals surface area (Å²) in [4.78, 5) is 11.8. The Morgan fingerprint density at radius 2 is 2.10 bits per heavy atom. The molecule has 0 bridgehead atoms. The van der Waals surface area contributed by atoms with Crippen molar-refractivity contribution in [1.29, 1.82) is 0 Å². The number of carboxylic acids is 1. The molecule has 0 aliphatic rings. The second-order valence-electron chi connectivity index (χ2n) is 4.09. The van der Waals surface area contributed by atoms with E-state index in [1.807, 2.05) is 31.2 Å². The molecule has 3 rings (SSSR count). The van der Waals surface area contributed by atoms with Gasteiger partial charge in [-0.2, -0.15) is 0 Å². The molecule has 1 N–H and O–H groups in total. The predicted molar refractivity (Wildman–Crippen MR) is 83.0 cm³/mol. The molecule has 0 spiro atoms. The van der Waals surface area contributed by atoms with Crippen molar-refractivity contribution in [3.05, 3.63) is 39.7 Å². The first-order chi connectivity index (χ1) is 9.65. The van der Waals surface area contributed by atoms with Crippen molar-refractivity contribution in [2.24, 2.45) is 0 Å². The molecule has 1 aromatic carbocycles. The number of benzene rings is 1. The molecular formula is C13H10N2O2S3. The number of aryl methyl sites for hydroxylation is 1. The van der Waals surface area contributed by atoms with Crippen LogP contribution in [0.3, 0.4) is 0 Å². The Labute approximate surface area is 127 Å². The minimum atomic E-state index is -0.866. The molecule has 3 aromatic rings. The molecule has 0 aliphatic heterocycles. The third kappa shape index (κ3) is 2.56. The summed E-state index contributed by atoms with van der Waals surface area (Å²) in [5.41, 5.74) is 0.871. The van der Waals surface area contributed by atoms with E-state index in [4.69, 9.17) is 0 Å². The highest BCUT2D eigenvalue weighted by atomic mass is 32.2. The van der Waals surface area contributed by atoms with Crippen molar-refractivity contribution in [1.82, 2.24) is 10.2 Å². The summed E-state index contributed by atoms with van der Waals surface area (Å²) < 4.78 is 1.88. The number of nitrogens with zero attached hydrogens (tertiary/aromatic N) is 2. The molecule has 2 heterocycles. The number of thiophene rings is 1. The molecule has 0 radical (unpaired) electrons. The lowest BCUT2D eigenvalue weighted by molar-refractivity contribution is 0.0701. The van der Waals surface area contributed by atoms with Crippen LogP contribution >= 0.6 is 34.4 Å².